The zero-order chi connectivity index (χ0) is 28.4. The number of aryl methyl sites for hydroxylation is 1. The number of hydrogen-bond acceptors (Lipinski definition) is 7. The van der Waals surface area contributed by atoms with Crippen LogP contribution < -0.4 is 10.0 Å². The molecule has 0 atom stereocenters. The fourth-order valence-corrected chi connectivity index (χ4v) is 7.63. The van der Waals surface area contributed by atoms with Crippen molar-refractivity contribution in [3.8, 4) is 21.6 Å². The molecular weight excluding hydrogens is 534 g/mol. The lowest BCUT2D eigenvalue weighted by Gasteiger charge is -2.28. The molecule has 1 aliphatic rings. The molecule has 11 heteroatoms. The number of carbonyl (C=O) groups is 1. The maximum atomic E-state index is 13.6. The number of hydrogen-bond donors (Lipinski definition) is 2. The molecule has 0 saturated heterocycles. The number of rotatable bonds is 8. The number of carbonyl (C=O) groups excluding carboxylic acids is 1. The first-order valence-electron chi connectivity index (χ1n) is 13.5. The van der Waals surface area contributed by atoms with Crippen LogP contribution in [0.25, 0.3) is 21.6 Å². The van der Waals surface area contributed by atoms with E-state index in [2.05, 4.69) is 15.1 Å². The van der Waals surface area contributed by atoms with E-state index in [1.807, 2.05) is 64.6 Å². The normalized spacial score (nSPS) is 18.3. The predicted octanol–water partition coefficient (Wildman–Crippen LogP) is 5.93. The van der Waals surface area contributed by atoms with Gasteiger partial charge in [0.15, 0.2) is 0 Å². The predicted molar refractivity (Wildman–Crippen MR) is 154 cm³/mol. The minimum atomic E-state index is -3.82. The van der Waals surface area contributed by atoms with Crippen molar-refractivity contribution >= 4 is 27.5 Å². The van der Waals surface area contributed by atoms with Gasteiger partial charge in [-0.2, -0.15) is 5.10 Å². The SMILES string of the molecule is CCn1cc(-c2ccc(-c3cnc(C4CCC(NC(=O)OC(C)C)CC4)s3)c(S(=O)(=O)NC(C)(C)C)c2)cn1. The van der Waals surface area contributed by atoms with Crippen molar-refractivity contribution in [2.75, 3.05) is 0 Å². The summed E-state index contributed by atoms with van der Waals surface area (Å²) in [6, 6.07) is 5.63. The molecular formula is C28H39N5O4S2. The monoisotopic (exact) mass is 573 g/mol. The summed E-state index contributed by atoms with van der Waals surface area (Å²) in [5.74, 6) is 0.273. The fourth-order valence-electron chi connectivity index (χ4n) is 4.77. The molecule has 0 aliphatic heterocycles. The van der Waals surface area contributed by atoms with Crippen LogP contribution >= 0.6 is 11.3 Å². The summed E-state index contributed by atoms with van der Waals surface area (Å²) in [6.07, 6.45) is 8.44. The molecule has 2 aromatic heterocycles. The topological polar surface area (TPSA) is 115 Å². The van der Waals surface area contributed by atoms with Gasteiger partial charge in [-0.1, -0.05) is 12.1 Å². The molecule has 0 radical (unpaired) electrons. The molecule has 1 saturated carbocycles. The minimum Gasteiger partial charge on any atom is -0.447 e. The lowest BCUT2D eigenvalue weighted by atomic mass is 9.86. The van der Waals surface area contributed by atoms with Gasteiger partial charge in [-0.05, 0) is 78.9 Å². The van der Waals surface area contributed by atoms with Gasteiger partial charge in [-0.3, -0.25) is 4.68 Å². The van der Waals surface area contributed by atoms with Gasteiger partial charge in [-0.15, -0.1) is 11.3 Å². The lowest BCUT2D eigenvalue weighted by Crippen LogP contribution is -2.40. The molecule has 1 fully saturated rings. The van der Waals surface area contributed by atoms with Crippen molar-refractivity contribution in [2.24, 2.45) is 0 Å². The highest BCUT2D eigenvalue weighted by atomic mass is 32.2. The molecule has 1 amide bonds. The van der Waals surface area contributed by atoms with Crippen LogP contribution in [0, 0.1) is 0 Å². The summed E-state index contributed by atoms with van der Waals surface area (Å²) in [4.78, 5) is 17.7. The second-order valence-corrected chi connectivity index (χ2v) is 14.1. The van der Waals surface area contributed by atoms with E-state index >= 15 is 0 Å². The highest BCUT2D eigenvalue weighted by Crippen LogP contribution is 2.40. The van der Waals surface area contributed by atoms with E-state index in [0.717, 1.165) is 53.2 Å². The average Bonchev–Trinajstić information content (AvgIpc) is 3.52. The van der Waals surface area contributed by atoms with E-state index < -0.39 is 15.6 Å². The van der Waals surface area contributed by atoms with E-state index in [1.54, 1.807) is 29.8 Å². The Morgan fingerprint density at radius 2 is 1.87 bits per heavy atom. The first-order chi connectivity index (χ1) is 18.3. The molecule has 0 unspecified atom stereocenters. The Balaban J connectivity index is 1.58. The molecule has 9 nitrogen and oxygen atoms in total. The van der Waals surface area contributed by atoms with Crippen LogP contribution in [0.1, 0.15) is 78.2 Å². The van der Waals surface area contributed by atoms with E-state index in [4.69, 9.17) is 9.72 Å². The van der Waals surface area contributed by atoms with Gasteiger partial charge in [0.1, 0.15) is 0 Å². The Kier molecular flexibility index (Phi) is 8.82. The molecule has 0 spiro atoms. The average molecular weight is 574 g/mol. The summed E-state index contributed by atoms with van der Waals surface area (Å²) in [5, 5.41) is 8.30. The summed E-state index contributed by atoms with van der Waals surface area (Å²) < 4.78 is 37.0. The number of nitrogens with one attached hydrogen (secondary N) is 2. The summed E-state index contributed by atoms with van der Waals surface area (Å²) in [6.45, 7) is 11.9. The van der Waals surface area contributed by atoms with Crippen LogP contribution in [0.15, 0.2) is 41.7 Å². The highest BCUT2D eigenvalue weighted by Gasteiger charge is 2.29. The number of thiazole rings is 1. The van der Waals surface area contributed by atoms with Crippen molar-refractivity contribution < 1.29 is 17.9 Å². The van der Waals surface area contributed by atoms with Crippen molar-refractivity contribution in [3.05, 3.63) is 41.8 Å². The van der Waals surface area contributed by atoms with Gasteiger partial charge >= 0.3 is 6.09 Å². The zero-order valence-corrected chi connectivity index (χ0v) is 25.2. The molecule has 212 valence electrons. The molecule has 4 rings (SSSR count). The largest absolute Gasteiger partial charge is 0.447 e. The molecule has 1 aliphatic carbocycles. The first-order valence-corrected chi connectivity index (χ1v) is 15.8. The molecule has 1 aromatic carbocycles. The van der Waals surface area contributed by atoms with Gasteiger partial charge in [0.05, 0.1) is 27.1 Å². The van der Waals surface area contributed by atoms with Gasteiger partial charge in [0.25, 0.3) is 0 Å². The third kappa shape index (κ3) is 7.46. The van der Waals surface area contributed by atoms with Crippen LogP contribution in [0.2, 0.25) is 0 Å². The van der Waals surface area contributed by atoms with Crippen LogP contribution in [-0.4, -0.2) is 47.0 Å². The van der Waals surface area contributed by atoms with Crippen molar-refractivity contribution in [2.45, 2.75) is 102 Å². The fraction of sp³-hybridized carbons (Fsp3) is 0.536. The van der Waals surface area contributed by atoms with E-state index in [-0.39, 0.29) is 29.1 Å². The Labute approximate surface area is 235 Å². The smallest absolute Gasteiger partial charge is 0.407 e. The molecule has 39 heavy (non-hydrogen) atoms. The van der Waals surface area contributed by atoms with Crippen LogP contribution in [0.3, 0.4) is 0 Å². The quantitative estimate of drug-likeness (QED) is 0.345. The third-order valence-corrected chi connectivity index (χ3v) is 9.52. The van der Waals surface area contributed by atoms with Crippen LogP contribution in [0.5, 0.6) is 0 Å². The number of ether oxygens (including phenoxy) is 1. The van der Waals surface area contributed by atoms with E-state index in [1.165, 1.54) is 0 Å². The zero-order valence-electron chi connectivity index (χ0n) is 23.5. The van der Waals surface area contributed by atoms with Crippen LogP contribution in [0.4, 0.5) is 4.79 Å². The number of sulfonamides is 1. The standard InChI is InChI=1S/C28H39N5O4S2/c1-7-33-17-21(15-30-33)20-10-13-23(25(14-20)39(35,36)32-28(4,5)6)24-16-29-26(38-24)19-8-11-22(12-9-19)31-27(34)37-18(2)3/h10,13-19,22,32H,7-9,11-12H2,1-6H3,(H,31,34). The Morgan fingerprint density at radius 1 is 1.15 bits per heavy atom. The van der Waals surface area contributed by atoms with E-state index in [0.29, 0.717) is 5.56 Å². The van der Waals surface area contributed by atoms with Gasteiger partial charge < -0.3 is 10.1 Å². The molecule has 3 aromatic rings. The summed E-state index contributed by atoms with van der Waals surface area (Å²) in [5.41, 5.74) is 1.66. The summed E-state index contributed by atoms with van der Waals surface area (Å²) in [7, 11) is -3.82. The van der Waals surface area contributed by atoms with Crippen molar-refractivity contribution in [3.63, 3.8) is 0 Å². The third-order valence-electron chi connectivity index (χ3n) is 6.53. The number of alkyl carbamates (subject to hydrolysis) is 1. The Bertz CT molecular complexity index is 1400. The number of aromatic nitrogens is 3. The number of nitrogens with zero attached hydrogens (tertiary/aromatic N) is 3. The van der Waals surface area contributed by atoms with E-state index in [9.17, 15) is 13.2 Å². The molecule has 2 heterocycles. The Morgan fingerprint density at radius 3 is 2.49 bits per heavy atom. The number of amides is 1. The molecule has 0 bridgehead atoms. The summed E-state index contributed by atoms with van der Waals surface area (Å²) >= 11 is 1.54. The first kappa shape index (κ1) is 29.2. The minimum absolute atomic E-state index is 0.0942. The van der Waals surface area contributed by atoms with Gasteiger partial charge in [-0.25, -0.2) is 22.9 Å². The maximum Gasteiger partial charge on any atom is 0.407 e. The van der Waals surface area contributed by atoms with Gasteiger partial charge in [0, 0.05) is 47.6 Å². The number of benzene rings is 1. The van der Waals surface area contributed by atoms with Crippen molar-refractivity contribution in [1.29, 1.82) is 0 Å². The lowest BCUT2D eigenvalue weighted by molar-refractivity contribution is 0.109. The van der Waals surface area contributed by atoms with Crippen LogP contribution in [-0.2, 0) is 21.3 Å². The Hall–Kier alpha value is -2.76. The second kappa shape index (κ2) is 11.8. The van der Waals surface area contributed by atoms with Crippen molar-refractivity contribution in [1.82, 2.24) is 24.8 Å². The highest BCUT2D eigenvalue weighted by molar-refractivity contribution is 7.89. The maximum absolute atomic E-state index is 13.6. The molecule has 2 N–H and O–H groups in total. The van der Waals surface area contributed by atoms with Gasteiger partial charge in [0.2, 0.25) is 10.0 Å². The second-order valence-electron chi connectivity index (χ2n) is 11.4.